The first-order chi connectivity index (χ1) is 7.49. The van der Waals surface area contributed by atoms with Crippen molar-refractivity contribution < 1.29 is 0 Å². The zero-order valence-electron chi connectivity index (χ0n) is 10.8. The predicted molar refractivity (Wildman–Crippen MR) is 70.6 cm³/mol. The topological polar surface area (TPSA) is 36.9 Å². The largest absolute Gasteiger partial charge is 0.341 e. The zero-order chi connectivity index (χ0) is 12.3. The lowest BCUT2D eigenvalue weighted by molar-refractivity contribution is 0.550. The van der Waals surface area contributed by atoms with Gasteiger partial charge in [0.25, 0.3) is 0 Å². The van der Waals surface area contributed by atoms with E-state index >= 15 is 0 Å². The highest BCUT2D eigenvalue weighted by Gasteiger charge is 2.17. The third-order valence-electron chi connectivity index (χ3n) is 2.89. The summed E-state index contributed by atoms with van der Waals surface area (Å²) in [7, 11) is 2.07. The van der Waals surface area contributed by atoms with E-state index in [0.29, 0.717) is 16.9 Å². The second-order valence-electron chi connectivity index (χ2n) is 4.54. The molecule has 16 heavy (non-hydrogen) atoms. The van der Waals surface area contributed by atoms with Gasteiger partial charge in [0.05, 0.1) is 0 Å². The van der Waals surface area contributed by atoms with Gasteiger partial charge in [-0.25, -0.2) is 5.10 Å². The van der Waals surface area contributed by atoms with Gasteiger partial charge in [0, 0.05) is 19.1 Å². The molecule has 1 aromatic rings. The molecule has 0 aromatic carbocycles. The molecule has 0 aliphatic carbocycles. The summed E-state index contributed by atoms with van der Waals surface area (Å²) in [5, 5.41) is 7.18. The Morgan fingerprint density at radius 2 is 2.06 bits per heavy atom. The van der Waals surface area contributed by atoms with Gasteiger partial charge in [0.15, 0.2) is 4.77 Å². The normalized spacial score (nSPS) is 13.1. The molecule has 0 spiro atoms. The SMILES string of the molecule is CCCC(C)N(C)c1n[nH]c(=S)n1C(C)C. The molecule has 0 aliphatic heterocycles. The van der Waals surface area contributed by atoms with Gasteiger partial charge in [-0.3, -0.25) is 4.57 Å². The van der Waals surface area contributed by atoms with Crippen molar-refractivity contribution in [2.75, 3.05) is 11.9 Å². The summed E-state index contributed by atoms with van der Waals surface area (Å²) in [5.41, 5.74) is 0. The number of aromatic nitrogens is 3. The highest BCUT2D eigenvalue weighted by Crippen LogP contribution is 2.19. The summed E-state index contributed by atoms with van der Waals surface area (Å²) in [5.74, 6) is 0.931. The maximum absolute atomic E-state index is 5.24. The Morgan fingerprint density at radius 1 is 1.44 bits per heavy atom. The van der Waals surface area contributed by atoms with Crippen LogP contribution in [-0.2, 0) is 0 Å². The number of anilines is 1. The Balaban J connectivity index is 2.99. The van der Waals surface area contributed by atoms with Crippen LogP contribution in [0.1, 0.15) is 46.6 Å². The number of hydrogen-bond donors (Lipinski definition) is 1. The van der Waals surface area contributed by atoms with Crippen LogP contribution in [0.25, 0.3) is 0 Å². The summed E-state index contributed by atoms with van der Waals surface area (Å²) in [6, 6.07) is 0.810. The highest BCUT2D eigenvalue weighted by atomic mass is 32.1. The van der Waals surface area contributed by atoms with Gasteiger partial charge in [-0.1, -0.05) is 13.3 Å². The van der Waals surface area contributed by atoms with Crippen LogP contribution in [0.3, 0.4) is 0 Å². The first-order valence-electron chi connectivity index (χ1n) is 5.88. The molecule has 0 fully saturated rings. The van der Waals surface area contributed by atoms with Crippen LogP contribution in [-0.4, -0.2) is 27.9 Å². The molecule has 1 rings (SSSR count). The molecule has 92 valence electrons. The lowest BCUT2D eigenvalue weighted by Crippen LogP contribution is -2.31. The predicted octanol–water partition coefficient (Wildman–Crippen LogP) is 3.15. The van der Waals surface area contributed by atoms with Crippen molar-refractivity contribution in [3.63, 3.8) is 0 Å². The van der Waals surface area contributed by atoms with Crippen molar-refractivity contribution >= 4 is 18.2 Å². The van der Waals surface area contributed by atoms with Gasteiger partial charge >= 0.3 is 0 Å². The second-order valence-corrected chi connectivity index (χ2v) is 4.93. The van der Waals surface area contributed by atoms with Gasteiger partial charge < -0.3 is 4.90 Å². The van der Waals surface area contributed by atoms with E-state index in [0.717, 1.165) is 12.4 Å². The summed E-state index contributed by atoms with van der Waals surface area (Å²) >= 11 is 5.24. The average Bonchev–Trinajstić information content (AvgIpc) is 2.59. The molecule has 4 nitrogen and oxygen atoms in total. The highest BCUT2D eigenvalue weighted by molar-refractivity contribution is 7.71. The van der Waals surface area contributed by atoms with E-state index in [-0.39, 0.29) is 0 Å². The fourth-order valence-corrected chi connectivity index (χ4v) is 2.16. The average molecular weight is 242 g/mol. The zero-order valence-corrected chi connectivity index (χ0v) is 11.6. The lowest BCUT2D eigenvalue weighted by Gasteiger charge is -2.26. The third kappa shape index (κ3) is 2.64. The molecular weight excluding hydrogens is 220 g/mol. The fourth-order valence-electron chi connectivity index (χ4n) is 1.82. The van der Waals surface area contributed by atoms with Crippen molar-refractivity contribution in [3.8, 4) is 0 Å². The van der Waals surface area contributed by atoms with Crippen molar-refractivity contribution in [2.24, 2.45) is 0 Å². The maximum atomic E-state index is 5.24. The molecular formula is C11H22N4S. The number of rotatable bonds is 5. The van der Waals surface area contributed by atoms with Crippen LogP contribution in [0, 0.1) is 4.77 Å². The Labute approximate surface area is 103 Å². The standard InChI is InChI=1S/C11H22N4S/c1-6-7-9(4)14(5)10-12-13-11(16)15(10)8(2)3/h8-9H,6-7H2,1-5H3,(H,13,16). The fraction of sp³-hybridized carbons (Fsp3) is 0.818. The quantitative estimate of drug-likeness (QED) is 0.806. The maximum Gasteiger partial charge on any atom is 0.225 e. The third-order valence-corrected chi connectivity index (χ3v) is 3.17. The molecule has 0 radical (unpaired) electrons. The molecule has 0 bridgehead atoms. The van der Waals surface area contributed by atoms with E-state index in [1.165, 1.54) is 6.42 Å². The first-order valence-corrected chi connectivity index (χ1v) is 6.29. The van der Waals surface area contributed by atoms with Crippen molar-refractivity contribution in [1.82, 2.24) is 14.8 Å². The molecule has 1 N–H and O–H groups in total. The van der Waals surface area contributed by atoms with Crippen molar-refractivity contribution in [2.45, 2.75) is 52.6 Å². The number of nitrogens with one attached hydrogen (secondary N) is 1. The van der Waals surface area contributed by atoms with Gasteiger partial charge in [-0.05, 0) is 39.4 Å². The van der Waals surface area contributed by atoms with Crippen LogP contribution in [0.2, 0.25) is 0 Å². The Morgan fingerprint density at radius 3 is 2.56 bits per heavy atom. The van der Waals surface area contributed by atoms with Crippen LogP contribution >= 0.6 is 12.2 Å². The molecule has 1 unspecified atom stereocenters. The Bertz CT molecular complexity index is 380. The molecule has 1 atom stereocenters. The second kappa shape index (κ2) is 5.48. The Kier molecular flexibility index (Phi) is 4.53. The van der Waals surface area contributed by atoms with E-state index in [2.05, 4.69) is 54.4 Å². The van der Waals surface area contributed by atoms with Gasteiger partial charge in [0.1, 0.15) is 0 Å². The van der Waals surface area contributed by atoms with Gasteiger partial charge in [-0.2, -0.15) is 0 Å². The minimum atomic E-state index is 0.331. The monoisotopic (exact) mass is 242 g/mol. The summed E-state index contributed by atoms with van der Waals surface area (Å²) < 4.78 is 2.75. The van der Waals surface area contributed by atoms with E-state index in [1.54, 1.807) is 0 Å². The molecule has 1 heterocycles. The smallest absolute Gasteiger partial charge is 0.225 e. The first kappa shape index (κ1) is 13.2. The van der Waals surface area contributed by atoms with Gasteiger partial charge in [0.2, 0.25) is 5.95 Å². The summed E-state index contributed by atoms with van der Waals surface area (Å²) in [4.78, 5) is 2.19. The van der Waals surface area contributed by atoms with Crippen LogP contribution < -0.4 is 4.90 Å². The molecule has 5 heteroatoms. The number of H-pyrrole nitrogens is 1. The van der Waals surface area contributed by atoms with Crippen LogP contribution in [0.15, 0.2) is 0 Å². The van der Waals surface area contributed by atoms with Crippen molar-refractivity contribution in [3.05, 3.63) is 4.77 Å². The lowest BCUT2D eigenvalue weighted by atomic mass is 10.2. The van der Waals surface area contributed by atoms with E-state index in [4.69, 9.17) is 12.2 Å². The van der Waals surface area contributed by atoms with E-state index < -0.39 is 0 Å². The molecule has 0 saturated carbocycles. The van der Waals surface area contributed by atoms with Crippen LogP contribution in [0.5, 0.6) is 0 Å². The van der Waals surface area contributed by atoms with E-state index in [9.17, 15) is 0 Å². The van der Waals surface area contributed by atoms with E-state index in [1.807, 2.05) is 0 Å². The minimum Gasteiger partial charge on any atom is -0.341 e. The summed E-state index contributed by atoms with van der Waals surface area (Å²) in [6.07, 6.45) is 2.34. The van der Waals surface area contributed by atoms with Crippen LogP contribution in [0.4, 0.5) is 5.95 Å². The number of nitrogens with zero attached hydrogens (tertiary/aromatic N) is 3. The van der Waals surface area contributed by atoms with Gasteiger partial charge in [-0.15, -0.1) is 5.10 Å². The molecule has 0 amide bonds. The molecule has 0 aliphatic rings. The minimum absolute atomic E-state index is 0.331. The molecule has 1 aromatic heterocycles. The summed E-state index contributed by atoms with van der Waals surface area (Å²) in [6.45, 7) is 8.65. The Hall–Kier alpha value is -0.840. The number of hydrogen-bond acceptors (Lipinski definition) is 3. The number of aromatic amines is 1. The van der Waals surface area contributed by atoms with Crippen molar-refractivity contribution in [1.29, 1.82) is 0 Å². The molecule has 0 saturated heterocycles.